The molecular formula is C21H25N3O2. The van der Waals surface area contributed by atoms with Gasteiger partial charge in [0.25, 0.3) is 0 Å². The normalized spacial score (nSPS) is 11.7. The quantitative estimate of drug-likeness (QED) is 0.689. The zero-order valence-corrected chi connectivity index (χ0v) is 14.8. The van der Waals surface area contributed by atoms with Crippen LogP contribution in [0.5, 0.6) is 0 Å². The second-order valence-corrected chi connectivity index (χ2v) is 6.17. The van der Waals surface area contributed by atoms with E-state index in [2.05, 4.69) is 11.4 Å². The van der Waals surface area contributed by atoms with Crippen LogP contribution in [0.3, 0.4) is 0 Å². The molecule has 0 radical (unpaired) electrons. The highest BCUT2D eigenvalue weighted by atomic mass is 16.3. The first-order valence-corrected chi connectivity index (χ1v) is 8.79. The molecule has 0 aliphatic rings. The number of hydrogen-bond acceptors (Lipinski definition) is 4. The summed E-state index contributed by atoms with van der Waals surface area (Å²) in [5.41, 5.74) is 2.13. The lowest BCUT2D eigenvalue weighted by atomic mass is 10.1. The predicted molar refractivity (Wildman–Crippen MR) is 101 cm³/mol. The van der Waals surface area contributed by atoms with E-state index in [0.717, 1.165) is 11.1 Å². The summed E-state index contributed by atoms with van der Waals surface area (Å²) in [6.07, 6.45) is 0.552. The minimum Gasteiger partial charge on any atom is -0.395 e. The van der Waals surface area contributed by atoms with Crippen LogP contribution in [0.1, 0.15) is 24.0 Å². The highest BCUT2D eigenvalue weighted by molar-refractivity contribution is 5.76. The molecule has 2 aromatic carbocycles. The van der Waals surface area contributed by atoms with Crippen LogP contribution in [0.4, 0.5) is 0 Å². The number of benzene rings is 2. The fourth-order valence-corrected chi connectivity index (χ4v) is 2.79. The Morgan fingerprint density at radius 2 is 1.69 bits per heavy atom. The lowest BCUT2D eigenvalue weighted by Crippen LogP contribution is -2.41. The molecule has 2 aromatic rings. The van der Waals surface area contributed by atoms with Crippen LogP contribution in [0.25, 0.3) is 0 Å². The zero-order chi connectivity index (χ0) is 18.6. The van der Waals surface area contributed by atoms with Crippen molar-refractivity contribution in [3.63, 3.8) is 0 Å². The predicted octanol–water partition coefficient (Wildman–Crippen LogP) is 2.47. The topological polar surface area (TPSA) is 76.4 Å². The maximum atomic E-state index is 12.3. The molecule has 136 valence electrons. The van der Waals surface area contributed by atoms with E-state index in [4.69, 9.17) is 5.26 Å². The monoisotopic (exact) mass is 351 g/mol. The molecule has 5 heteroatoms. The SMILES string of the molecule is N#CCCN(Cc1ccccc1)C(CO)CC(=O)NCc1ccccc1. The second-order valence-electron chi connectivity index (χ2n) is 6.17. The van der Waals surface area contributed by atoms with E-state index < -0.39 is 0 Å². The molecule has 0 bridgehead atoms. The number of amides is 1. The Hall–Kier alpha value is -2.68. The van der Waals surface area contributed by atoms with E-state index in [0.29, 0.717) is 26.1 Å². The Morgan fingerprint density at radius 1 is 1.08 bits per heavy atom. The lowest BCUT2D eigenvalue weighted by molar-refractivity contribution is -0.123. The molecule has 0 aliphatic heterocycles. The number of carbonyl (C=O) groups is 1. The standard InChI is InChI=1S/C21H25N3O2/c22-12-7-13-24(16-19-10-5-2-6-11-19)20(17-25)14-21(26)23-15-18-8-3-1-4-9-18/h1-6,8-11,20,25H,7,13-17H2,(H,23,26). The maximum Gasteiger partial charge on any atom is 0.221 e. The molecule has 1 unspecified atom stereocenters. The molecule has 0 aliphatic carbocycles. The van der Waals surface area contributed by atoms with Gasteiger partial charge in [0.1, 0.15) is 0 Å². The van der Waals surface area contributed by atoms with Gasteiger partial charge in [-0.1, -0.05) is 60.7 Å². The number of rotatable bonds is 10. The molecule has 26 heavy (non-hydrogen) atoms. The molecule has 2 N–H and O–H groups in total. The van der Waals surface area contributed by atoms with E-state index in [1.165, 1.54) is 0 Å². The van der Waals surface area contributed by atoms with Crippen LogP contribution in [0.15, 0.2) is 60.7 Å². The minimum absolute atomic E-state index is 0.108. The van der Waals surface area contributed by atoms with Crippen LogP contribution in [0.2, 0.25) is 0 Å². The van der Waals surface area contributed by atoms with Gasteiger partial charge in [0.05, 0.1) is 12.7 Å². The van der Waals surface area contributed by atoms with Gasteiger partial charge in [-0.05, 0) is 11.1 Å². The molecule has 0 spiro atoms. The first-order valence-electron chi connectivity index (χ1n) is 8.79. The van der Waals surface area contributed by atoms with Gasteiger partial charge in [-0.2, -0.15) is 5.26 Å². The molecule has 1 atom stereocenters. The summed E-state index contributed by atoms with van der Waals surface area (Å²) in [7, 11) is 0. The third-order valence-electron chi connectivity index (χ3n) is 4.22. The number of aliphatic hydroxyl groups is 1. The Kier molecular flexibility index (Phi) is 8.34. The van der Waals surface area contributed by atoms with E-state index >= 15 is 0 Å². The van der Waals surface area contributed by atoms with Gasteiger partial charge < -0.3 is 10.4 Å². The molecule has 0 saturated heterocycles. The van der Waals surface area contributed by atoms with Gasteiger partial charge in [0.2, 0.25) is 5.91 Å². The number of aliphatic hydroxyl groups excluding tert-OH is 1. The number of nitriles is 1. The fourth-order valence-electron chi connectivity index (χ4n) is 2.79. The van der Waals surface area contributed by atoms with Gasteiger partial charge in [-0.15, -0.1) is 0 Å². The third kappa shape index (κ3) is 6.67. The lowest BCUT2D eigenvalue weighted by Gasteiger charge is -2.29. The summed E-state index contributed by atoms with van der Waals surface area (Å²) in [5, 5.41) is 21.6. The van der Waals surface area contributed by atoms with Crippen LogP contribution >= 0.6 is 0 Å². The molecule has 2 rings (SSSR count). The van der Waals surface area contributed by atoms with Crippen LogP contribution < -0.4 is 5.32 Å². The van der Waals surface area contributed by atoms with Crippen LogP contribution in [0, 0.1) is 11.3 Å². The van der Waals surface area contributed by atoms with E-state index in [1.54, 1.807) is 0 Å². The summed E-state index contributed by atoms with van der Waals surface area (Å²) >= 11 is 0. The highest BCUT2D eigenvalue weighted by Crippen LogP contribution is 2.12. The van der Waals surface area contributed by atoms with E-state index in [-0.39, 0.29) is 25.0 Å². The molecule has 0 aromatic heterocycles. The average molecular weight is 351 g/mol. The Balaban J connectivity index is 1.94. The van der Waals surface area contributed by atoms with Crippen molar-refractivity contribution in [2.24, 2.45) is 0 Å². The van der Waals surface area contributed by atoms with Crippen molar-refractivity contribution in [1.82, 2.24) is 10.2 Å². The van der Waals surface area contributed by atoms with Crippen molar-refractivity contribution in [1.29, 1.82) is 5.26 Å². The van der Waals surface area contributed by atoms with Gasteiger partial charge in [-0.25, -0.2) is 0 Å². The molecule has 5 nitrogen and oxygen atoms in total. The fraction of sp³-hybridized carbons (Fsp3) is 0.333. The summed E-state index contributed by atoms with van der Waals surface area (Å²) < 4.78 is 0. The number of nitrogens with one attached hydrogen (secondary N) is 1. The Morgan fingerprint density at radius 3 is 2.27 bits per heavy atom. The van der Waals surface area contributed by atoms with E-state index in [9.17, 15) is 9.90 Å². The molecular weight excluding hydrogens is 326 g/mol. The van der Waals surface area contributed by atoms with Gasteiger partial charge in [0, 0.05) is 38.5 Å². The summed E-state index contributed by atoms with van der Waals surface area (Å²) in [4.78, 5) is 14.3. The number of carbonyl (C=O) groups excluding carboxylic acids is 1. The third-order valence-corrected chi connectivity index (χ3v) is 4.22. The van der Waals surface area contributed by atoms with Crippen molar-refractivity contribution in [3.8, 4) is 6.07 Å². The molecule has 1 amide bonds. The van der Waals surface area contributed by atoms with Gasteiger partial charge in [0.15, 0.2) is 0 Å². The summed E-state index contributed by atoms with van der Waals surface area (Å²) in [6, 6.07) is 21.4. The second kappa shape index (κ2) is 11.0. The van der Waals surface area contributed by atoms with Crippen molar-refractivity contribution in [2.75, 3.05) is 13.2 Å². The van der Waals surface area contributed by atoms with Crippen LogP contribution in [-0.2, 0) is 17.9 Å². The number of hydrogen-bond donors (Lipinski definition) is 2. The first-order chi connectivity index (χ1) is 12.7. The van der Waals surface area contributed by atoms with Crippen molar-refractivity contribution in [2.45, 2.75) is 32.0 Å². The van der Waals surface area contributed by atoms with Crippen molar-refractivity contribution in [3.05, 3.63) is 71.8 Å². The minimum atomic E-state index is -0.320. The Labute approximate surface area is 154 Å². The first kappa shape index (κ1) is 19.6. The van der Waals surface area contributed by atoms with Gasteiger partial charge in [-0.3, -0.25) is 9.69 Å². The molecule has 0 heterocycles. The smallest absolute Gasteiger partial charge is 0.221 e. The van der Waals surface area contributed by atoms with Crippen molar-refractivity contribution < 1.29 is 9.90 Å². The summed E-state index contributed by atoms with van der Waals surface area (Å²) in [6.45, 7) is 1.45. The summed E-state index contributed by atoms with van der Waals surface area (Å²) in [5.74, 6) is -0.108. The maximum absolute atomic E-state index is 12.3. The number of nitrogens with zero attached hydrogens (tertiary/aromatic N) is 2. The average Bonchev–Trinajstić information content (AvgIpc) is 2.69. The Bertz CT molecular complexity index is 698. The van der Waals surface area contributed by atoms with E-state index in [1.807, 2.05) is 65.6 Å². The largest absolute Gasteiger partial charge is 0.395 e. The highest BCUT2D eigenvalue weighted by Gasteiger charge is 2.21. The van der Waals surface area contributed by atoms with Crippen LogP contribution in [-0.4, -0.2) is 35.1 Å². The molecule has 0 fully saturated rings. The zero-order valence-electron chi connectivity index (χ0n) is 14.8. The molecule has 0 saturated carbocycles. The van der Waals surface area contributed by atoms with Crippen molar-refractivity contribution >= 4 is 5.91 Å². The van der Waals surface area contributed by atoms with Gasteiger partial charge >= 0.3 is 0 Å².